The van der Waals surface area contributed by atoms with Crippen molar-refractivity contribution in [3.05, 3.63) is 58.1 Å². The molecule has 3 aromatic rings. The molecule has 0 spiro atoms. The summed E-state index contributed by atoms with van der Waals surface area (Å²) in [7, 11) is 1.65. The molecular formula is C16H17N3O3S. The maximum atomic E-state index is 11.5. The van der Waals surface area contributed by atoms with E-state index in [1.54, 1.807) is 23.0 Å². The van der Waals surface area contributed by atoms with Gasteiger partial charge < -0.3 is 9.47 Å². The van der Waals surface area contributed by atoms with Gasteiger partial charge in [0, 0.05) is 16.9 Å². The van der Waals surface area contributed by atoms with Gasteiger partial charge in [-0.3, -0.25) is 4.57 Å². The minimum atomic E-state index is -0.197. The van der Waals surface area contributed by atoms with Gasteiger partial charge in [-0.1, -0.05) is 0 Å². The summed E-state index contributed by atoms with van der Waals surface area (Å²) >= 11 is 1.66. The van der Waals surface area contributed by atoms with Crippen LogP contribution in [-0.4, -0.2) is 35.1 Å². The SMILES string of the molecule is COCCOc1ccc(-c2ccc(Cn3cn[nH]c3=O)s2)cc1. The van der Waals surface area contributed by atoms with Crippen molar-refractivity contribution in [2.75, 3.05) is 20.3 Å². The zero-order chi connectivity index (χ0) is 16.1. The number of nitrogens with one attached hydrogen (secondary N) is 1. The van der Waals surface area contributed by atoms with Crippen LogP contribution < -0.4 is 10.4 Å². The third-order valence-corrected chi connectivity index (χ3v) is 4.42. The van der Waals surface area contributed by atoms with Crippen LogP contribution in [0.15, 0.2) is 47.5 Å². The highest BCUT2D eigenvalue weighted by Gasteiger charge is 2.06. The van der Waals surface area contributed by atoms with Gasteiger partial charge in [0.2, 0.25) is 0 Å². The average Bonchev–Trinajstić information content (AvgIpc) is 3.19. The molecule has 7 heteroatoms. The maximum Gasteiger partial charge on any atom is 0.343 e. The Morgan fingerprint density at radius 3 is 2.70 bits per heavy atom. The highest BCUT2D eigenvalue weighted by molar-refractivity contribution is 7.15. The third kappa shape index (κ3) is 3.88. The standard InChI is InChI=1S/C16H17N3O3S/c1-21-8-9-22-13-4-2-12(3-5-13)15-7-6-14(23-15)10-19-11-17-18-16(19)20/h2-7,11H,8-10H2,1H3,(H,18,20). The van der Waals surface area contributed by atoms with Crippen LogP contribution in [0.3, 0.4) is 0 Å². The van der Waals surface area contributed by atoms with E-state index in [4.69, 9.17) is 9.47 Å². The summed E-state index contributed by atoms with van der Waals surface area (Å²) in [6, 6.07) is 12.0. The fraction of sp³-hybridized carbons (Fsp3) is 0.250. The van der Waals surface area contributed by atoms with Gasteiger partial charge in [0.05, 0.1) is 13.2 Å². The Bertz CT molecular complexity index is 804. The highest BCUT2D eigenvalue weighted by Crippen LogP contribution is 2.29. The number of nitrogens with zero attached hydrogens (tertiary/aromatic N) is 2. The van der Waals surface area contributed by atoms with Crippen LogP contribution in [0, 0.1) is 0 Å². The first-order valence-corrected chi connectivity index (χ1v) is 7.98. The van der Waals surface area contributed by atoms with Crippen molar-refractivity contribution < 1.29 is 9.47 Å². The summed E-state index contributed by atoms with van der Waals surface area (Å²) in [5.74, 6) is 0.826. The van der Waals surface area contributed by atoms with Gasteiger partial charge >= 0.3 is 5.69 Å². The van der Waals surface area contributed by atoms with Crippen LogP contribution in [0.25, 0.3) is 10.4 Å². The van der Waals surface area contributed by atoms with Crippen LogP contribution in [0.5, 0.6) is 5.75 Å². The van der Waals surface area contributed by atoms with Gasteiger partial charge in [0.1, 0.15) is 18.7 Å². The number of hydrogen-bond acceptors (Lipinski definition) is 5. The molecular weight excluding hydrogens is 314 g/mol. The topological polar surface area (TPSA) is 69.1 Å². The van der Waals surface area contributed by atoms with E-state index in [0.717, 1.165) is 21.1 Å². The first kappa shape index (κ1) is 15.5. The van der Waals surface area contributed by atoms with Crippen LogP contribution in [0.4, 0.5) is 0 Å². The fourth-order valence-electron chi connectivity index (χ4n) is 2.13. The van der Waals surface area contributed by atoms with Crippen molar-refractivity contribution in [3.8, 4) is 16.2 Å². The lowest BCUT2D eigenvalue weighted by Crippen LogP contribution is -2.16. The summed E-state index contributed by atoms with van der Waals surface area (Å²) in [5.41, 5.74) is 0.928. The van der Waals surface area contributed by atoms with Crippen molar-refractivity contribution in [2.45, 2.75) is 6.54 Å². The van der Waals surface area contributed by atoms with Crippen LogP contribution >= 0.6 is 11.3 Å². The lowest BCUT2D eigenvalue weighted by atomic mass is 10.2. The lowest BCUT2D eigenvalue weighted by Gasteiger charge is -2.05. The molecule has 0 aliphatic rings. The molecule has 0 bridgehead atoms. The molecule has 0 atom stereocenters. The Labute approximate surface area is 137 Å². The molecule has 120 valence electrons. The molecule has 3 rings (SSSR count). The molecule has 0 aliphatic carbocycles. The molecule has 1 N–H and O–H groups in total. The largest absolute Gasteiger partial charge is 0.491 e. The van der Waals surface area contributed by atoms with Crippen LogP contribution in [0.2, 0.25) is 0 Å². The van der Waals surface area contributed by atoms with E-state index in [2.05, 4.69) is 16.3 Å². The second kappa shape index (κ2) is 7.26. The van der Waals surface area contributed by atoms with Gasteiger partial charge in [-0.2, -0.15) is 5.10 Å². The van der Waals surface area contributed by atoms with Gasteiger partial charge in [0.25, 0.3) is 0 Å². The number of aromatic nitrogens is 3. The van der Waals surface area contributed by atoms with Crippen molar-refractivity contribution in [1.82, 2.24) is 14.8 Å². The predicted molar refractivity (Wildman–Crippen MR) is 89.1 cm³/mol. The van der Waals surface area contributed by atoms with E-state index in [9.17, 15) is 4.79 Å². The molecule has 2 heterocycles. The van der Waals surface area contributed by atoms with Crippen LogP contribution in [0.1, 0.15) is 4.88 Å². The zero-order valence-electron chi connectivity index (χ0n) is 12.7. The molecule has 0 saturated heterocycles. The van der Waals surface area contributed by atoms with Crippen molar-refractivity contribution in [1.29, 1.82) is 0 Å². The smallest absolute Gasteiger partial charge is 0.343 e. The molecule has 1 aromatic carbocycles. The summed E-state index contributed by atoms with van der Waals surface area (Å²) in [6.45, 7) is 1.64. The van der Waals surface area contributed by atoms with E-state index < -0.39 is 0 Å². The summed E-state index contributed by atoms with van der Waals surface area (Å²) in [5, 5.41) is 6.12. The Morgan fingerprint density at radius 2 is 2.00 bits per heavy atom. The molecule has 0 aliphatic heterocycles. The van der Waals surface area contributed by atoms with E-state index >= 15 is 0 Å². The number of methoxy groups -OCH3 is 1. The number of benzene rings is 1. The number of hydrogen-bond donors (Lipinski definition) is 1. The Kier molecular flexibility index (Phi) is 4.89. The first-order chi connectivity index (χ1) is 11.3. The predicted octanol–water partition coefficient (Wildman–Crippen LogP) is 2.37. The normalized spacial score (nSPS) is 10.8. The van der Waals surface area contributed by atoms with E-state index in [1.807, 2.05) is 30.3 Å². The van der Waals surface area contributed by atoms with Gasteiger partial charge in [-0.15, -0.1) is 11.3 Å². The summed E-state index contributed by atoms with van der Waals surface area (Å²) in [6.07, 6.45) is 1.51. The maximum absolute atomic E-state index is 11.5. The average molecular weight is 331 g/mol. The quantitative estimate of drug-likeness (QED) is 0.675. The minimum absolute atomic E-state index is 0.197. The summed E-state index contributed by atoms with van der Waals surface area (Å²) in [4.78, 5) is 13.7. The second-order valence-electron chi connectivity index (χ2n) is 4.92. The number of aromatic amines is 1. The molecule has 23 heavy (non-hydrogen) atoms. The molecule has 0 amide bonds. The molecule has 0 fully saturated rings. The zero-order valence-corrected chi connectivity index (χ0v) is 13.5. The number of rotatable bonds is 7. The number of H-pyrrole nitrogens is 1. The van der Waals surface area contributed by atoms with Crippen molar-refractivity contribution in [2.24, 2.45) is 0 Å². The minimum Gasteiger partial charge on any atom is -0.491 e. The molecule has 0 unspecified atom stereocenters. The molecule has 0 radical (unpaired) electrons. The van der Waals surface area contributed by atoms with Crippen molar-refractivity contribution >= 4 is 11.3 Å². The van der Waals surface area contributed by atoms with E-state index in [1.165, 1.54) is 6.33 Å². The fourth-order valence-corrected chi connectivity index (χ4v) is 3.14. The van der Waals surface area contributed by atoms with Crippen LogP contribution in [-0.2, 0) is 11.3 Å². The van der Waals surface area contributed by atoms with Gasteiger partial charge in [-0.05, 0) is 42.0 Å². The molecule has 2 aromatic heterocycles. The van der Waals surface area contributed by atoms with E-state index in [-0.39, 0.29) is 5.69 Å². The Hall–Kier alpha value is -2.38. The first-order valence-electron chi connectivity index (χ1n) is 7.17. The van der Waals surface area contributed by atoms with Gasteiger partial charge in [-0.25, -0.2) is 9.89 Å². The molecule has 0 saturated carbocycles. The second-order valence-corrected chi connectivity index (χ2v) is 6.09. The highest BCUT2D eigenvalue weighted by atomic mass is 32.1. The van der Waals surface area contributed by atoms with Gasteiger partial charge in [0.15, 0.2) is 0 Å². The monoisotopic (exact) mass is 331 g/mol. The Morgan fingerprint density at radius 1 is 1.17 bits per heavy atom. The summed E-state index contributed by atoms with van der Waals surface area (Å²) < 4.78 is 12.1. The Balaban J connectivity index is 1.68. The third-order valence-electron chi connectivity index (χ3n) is 3.30. The number of ether oxygens (including phenoxy) is 2. The lowest BCUT2D eigenvalue weighted by molar-refractivity contribution is 0.146. The van der Waals surface area contributed by atoms with E-state index in [0.29, 0.717) is 19.8 Å². The van der Waals surface area contributed by atoms with Crippen molar-refractivity contribution in [3.63, 3.8) is 0 Å². The molecule has 6 nitrogen and oxygen atoms in total. The number of thiophene rings is 1.